The van der Waals surface area contributed by atoms with Crippen LogP contribution in [0.2, 0.25) is 0 Å². The number of halogens is 3. The predicted molar refractivity (Wildman–Crippen MR) is 110 cm³/mol. The van der Waals surface area contributed by atoms with Crippen molar-refractivity contribution in [2.75, 3.05) is 31.6 Å². The van der Waals surface area contributed by atoms with Crippen molar-refractivity contribution in [1.82, 2.24) is 19.9 Å². The number of benzene rings is 1. The first-order valence-electron chi connectivity index (χ1n) is 10.7. The van der Waals surface area contributed by atoms with E-state index in [1.165, 1.54) is 6.33 Å². The molecule has 2 atom stereocenters. The van der Waals surface area contributed by atoms with E-state index in [1.54, 1.807) is 0 Å². The van der Waals surface area contributed by atoms with Crippen molar-refractivity contribution < 1.29 is 22.6 Å². The Kier molecular flexibility index (Phi) is 4.38. The number of H-pyrrole nitrogens is 1. The summed E-state index contributed by atoms with van der Waals surface area (Å²) < 4.78 is 51.8. The Balaban J connectivity index is 1.38. The summed E-state index contributed by atoms with van der Waals surface area (Å²) in [6.45, 7) is 2.73. The maximum Gasteiger partial charge on any atom is 0.431 e. The molecule has 0 radical (unpaired) electrons. The van der Waals surface area contributed by atoms with Gasteiger partial charge in [-0.2, -0.15) is 13.2 Å². The van der Waals surface area contributed by atoms with Crippen LogP contribution in [0.5, 0.6) is 5.75 Å². The molecule has 1 spiro atoms. The highest BCUT2D eigenvalue weighted by Gasteiger charge is 2.50. The Morgan fingerprint density at radius 2 is 2.03 bits per heavy atom. The highest BCUT2D eigenvalue weighted by Crippen LogP contribution is 2.45. The second-order valence-corrected chi connectivity index (χ2v) is 8.71. The number of nitrogens with one attached hydrogen (secondary N) is 2. The third kappa shape index (κ3) is 3.38. The second kappa shape index (κ2) is 7.08. The lowest BCUT2D eigenvalue weighted by atomic mass is 9.94. The van der Waals surface area contributed by atoms with Gasteiger partial charge in [-0.1, -0.05) is 18.2 Å². The van der Waals surface area contributed by atoms with Crippen molar-refractivity contribution >= 4 is 16.9 Å². The Hall–Kier alpha value is -2.85. The van der Waals surface area contributed by atoms with Crippen molar-refractivity contribution in [3.8, 4) is 5.75 Å². The van der Waals surface area contributed by atoms with Crippen molar-refractivity contribution in [3.63, 3.8) is 0 Å². The molecule has 7 nitrogen and oxygen atoms in total. The molecule has 2 N–H and O–H groups in total. The number of aromatic nitrogens is 3. The van der Waals surface area contributed by atoms with Gasteiger partial charge in [0.15, 0.2) is 0 Å². The molecule has 0 amide bonds. The number of hydrogen-bond acceptors (Lipinski definition) is 6. The molecular weight excluding hydrogens is 423 g/mol. The number of aromatic amines is 1. The van der Waals surface area contributed by atoms with Crippen LogP contribution in [-0.2, 0) is 10.9 Å². The number of rotatable bonds is 3. The van der Waals surface area contributed by atoms with E-state index in [4.69, 9.17) is 9.47 Å². The fourth-order valence-electron chi connectivity index (χ4n) is 4.79. The van der Waals surface area contributed by atoms with Crippen LogP contribution in [0, 0.1) is 0 Å². The molecule has 2 unspecified atom stereocenters. The predicted octanol–water partition coefficient (Wildman–Crippen LogP) is 3.76. The summed E-state index contributed by atoms with van der Waals surface area (Å²) in [5, 5.41) is 3.75. The van der Waals surface area contributed by atoms with Crippen LogP contribution in [0.25, 0.3) is 11.0 Å². The monoisotopic (exact) mass is 445 g/mol. The second-order valence-electron chi connectivity index (χ2n) is 8.71. The average molecular weight is 445 g/mol. The Bertz CT molecular complexity index is 1160. The van der Waals surface area contributed by atoms with Crippen LogP contribution in [0.15, 0.2) is 36.7 Å². The van der Waals surface area contributed by atoms with E-state index in [0.717, 1.165) is 43.3 Å². The van der Waals surface area contributed by atoms with Crippen LogP contribution >= 0.6 is 0 Å². The summed E-state index contributed by atoms with van der Waals surface area (Å²) in [7, 11) is 0. The minimum atomic E-state index is -4.49. The number of nitrogens with zero attached hydrogens (tertiary/aromatic N) is 3. The maximum atomic E-state index is 13.3. The molecule has 4 heterocycles. The van der Waals surface area contributed by atoms with Gasteiger partial charge in [-0.25, -0.2) is 9.97 Å². The van der Waals surface area contributed by atoms with Gasteiger partial charge in [-0.05, 0) is 25.0 Å². The van der Waals surface area contributed by atoms with Crippen LogP contribution in [0.1, 0.15) is 30.1 Å². The zero-order valence-electron chi connectivity index (χ0n) is 17.2. The molecule has 32 heavy (non-hydrogen) atoms. The maximum absolute atomic E-state index is 13.3. The molecule has 2 aliphatic heterocycles. The molecule has 10 heteroatoms. The standard InChI is InChI=1S/C22H22F3N5O2/c23-22(24,25)17-9-14-19(28-17)26-12-27-20(14)29-18-13-3-1-2-4-16(13)31-10-15(18)30-7-8-32-21(11-30)5-6-21/h1-4,9,12,15,18H,5-8,10-11H2,(H2,26,27,28,29). The third-order valence-electron chi connectivity index (χ3n) is 6.63. The first-order chi connectivity index (χ1) is 15.4. The van der Waals surface area contributed by atoms with Gasteiger partial charge >= 0.3 is 6.18 Å². The molecule has 168 valence electrons. The van der Waals surface area contributed by atoms with Crippen molar-refractivity contribution in [2.24, 2.45) is 0 Å². The Labute approximate surface area is 181 Å². The van der Waals surface area contributed by atoms with E-state index in [-0.39, 0.29) is 23.3 Å². The lowest BCUT2D eigenvalue weighted by Gasteiger charge is -2.44. The lowest BCUT2D eigenvalue weighted by Crippen LogP contribution is -2.55. The quantitative estimate of drug-likeness (QED) is 0.640. The summed E-state index contributed by atoms with van der Waals surface area (Å²) in [5.41, 5.74) is 0.210. The minimum absolute atomic E-state index is 0.0164. The number of hydrogen-bond donors (Lipinski definition) is 2. The number of alkyl halides is 3. The zero-order chi connectivity index (χ0) is 21.9. The number of ether oxygens (including phenoxy) is 2. The summed E-state index contributed by atoms with van der Waals surface area (Å²) in [5.74, 6) is 1.13. The Morgan fingerprint density at radius 3 is 2.84 bits per heavy atom. The fourth-order valence-corrected chi connectivity index (χ4v) is 4.79. The topological polar surface area (TPSA) is 75.3 Å². The molecular formula is C22H22F3N5O2. The van der Waals surface area contributed by atoms with Gasteiger partial charge in [-0.15, -0.1) is 0 Å². The van der Waals surface area contributed by atoms with Gasteiger partial charge in [0.25, 0.3) is 0 Å². The normalized spacial score (nSPS) is 24.8. The Morgan fingerprint density at radius 1 is 1.19 bits per heavy atom. The van der Waals surface area contributed by atoms with Crippen molar-refractivity contribution in [1.29, 1.82) is 0 Å². The van der Waals surface area contributed by atoms with E-state index in [0.29, 0.717) is 24.4 Å². The van der Waals surface area contributed by atoms with E-state index >= 15 is 0 Å². The lowest BCUT2D eigenvalue weighted by molar-refractivity contribution is -0.140. The van der Waals surface area contributed by atoms with E-state index in [1.807, 2.05) is 24.3 Å². The first kappa shape index (κ1) is 19.8. The van der Waals surface area contributed by atoms with E-state index in [2.05, 4.69) is 25.2 Å². The fraction of sp³-hybridized carbons (Fsp3) is 0.455. The van der Waals surface area contributed by atoms with E-state index in [9.17, 15) is 13.2 Å². The average Bonchev–Trinajstić information content (AvgIpc) is 3.35. The molecule has 1 saturated heterocycles. The molecule has 2 fully saturated rings. The van der Waals surface area contributed by atoms with Crippen LogP contribution in [0.3, 0.4) is 0 Å². The number of morpholine rings is 1. The van der Waals surface area contributed by atoms with Gasteiger partial charge in [0, 0.05) is 18.7 Å². The SMILES string of the molecule is FC(F)(F)c1cc2c(NC3c4ccccc4OCC3N3CCOC4(CC4)C3)ncnc2[nH]1. The highest BCUT2D eigenvalue weighted by atomic mass is 19.4. The molecule has 1 aliphatic carbocycles. The molecule has 2 aromatic heterocycles. The number of anilines is 1. The highest BCUT2D eigenvalue weighted by molar-refractivity contribution is 5.88. The largest absolute Gasteiger partial charge is 0.491 e. The molecule has 6 rings (SSSR count). The number of fused-ring (bicyclic) bond motifs is 2. The molecule has 3 aromatic rings. The van der Waals surface area contributed by atoms with E-state index < -0.39 is 11.9 Å². The first-order valence-corrected chi connectivity index (χ1v) is 10.7. The summed E-state index contributed by atoms with van der Waals surface area (Å²) in [6, 6.07) is 8.59. The summed E-state index contributed by atoms with van der Waals surface area (Å²) >= 11 is 0. The van der Waals surface area contributed by atoms with Gasteiger partial charge in [0.05, 0.1) is 29.7 Å². The molecule has 1 aromatic carbocycles. The molecule has 0 bridgehead atoms. The van der Waals surface area contributed by atoms with Gasteiger partial charge < -0.3 is 19.8 Å². The van der Waals surface area contributed by atoms with Gasteiger partial charge in [-0.3, -0.25) is 4.90 Å². The zero-order valence-corrected chi connectivity index (χ0v) is 17.2. The minimum Gasteiger partial charge on any atom is -0.491 e. The smallest absolute Gasteiger partial charge is 0.431 e. The summed E-state index contributed by atoms with van der Waals surface area (Å²) in [4.78, 5) is 13.0. The third-order valence-corrected chi connectivity index (χ3v) is 6.63. The van der Waals surface area contributed by atoms with Crippen LogP contribution < -0.4 is 10.1 Å². The van der Waals surface area contributed by atoms with Gasteiger partial charge in [0.1, 0.15) is 35.8 Å². The molecule has 1 saturated carbocycles. The summed E-state index contributed by atoms with van der Waals surface area (Å²) in [6.07, 6.45) is -1.10. The van der Waals surface area contributed by atoms with Crippen molar-refractivity contribution in [3.05, 3.63) is 47.9 Å². The van der Waals surface area contributed by atoms with Gasteiger partial charge in [0.2, 0.25) is 0 Å². The number of para-hydroxylation sites is 1. The van der Waals surface area contributed by atoms with Crippen LogP contribution in [-0.4, -0.2) is 57.8 Å². The van der Waals surface area contributed by atoms with Crippen LogP contribution in [0.4, 0.5) is 19.0 Å². The molecule has 3 aliphatic rings. The van der Waals surface area contributed by atoms with Crippen molar-refractivity contribution in [2.45, 2.75) is 36.7 Å².